The van der Waals surface area contributed by atoms with E-state index in [0.29, 0.717) is 17.0 Å². The van der Waals surface area contributed by atoms with Crippen LogP contribution in [-0.2, 0) is 14.1 Å². The molecule has 0 aliphatic carbocycles. The third kappa shape index (κ3) is 4.81. The molecule has 0 amide bonds. The Balaban J connectivity index is 2.29. The van der Waals surface area contributed by atoms with E-state index in [4.69, 9.17) is 9.31 Å². The minimum absolute atomic E-state index is 0.0265. The number of ketones is 1. The molecule has 1 aliphatic rings. The number of Topliss-reactive ketones (excluding diaryl/α,β-unsaturated/α-hetero) is 1. The summed E-state index contributed by atoms with van der Waals surface area (Å²) in [6, 6.07) is 3.52. The second-order valence-electron chi connectivity index (χ2n) is 7.12. The molecule has 0 saturated carbocycles. The number of carbonyl (C=O) groups excluding carboxylic acids is 2. The van der Waals surface area contributed by atoms with Gasteiger partial charge in [-0.3, -0.25) is 14.6 Å². The van der Waals surface area contributed by atoms with Crippen LogP contribution in [0.4, 0.5) is 0 Å². The van der Waals surface area contributed by atoms with Crippen molar-refractivity contribution in [3.63, 3.8) is 0 Å². The molecule has 2 heterocycles. The Bertz CT molecular complexity index is 682. The van der Waals surface area contributed by atoms with Crippen LogP contribution in [0, 0.1) is 0 Å². The summed E-state index contributed by atoms with van der Waals surface area (Å²) in [5.74, 6) is 0.434. The molecule has 0 atom stereocenters. The van der Waals surface area contributed by atoms with Crippen LogP contribution >= 0.6 is 11.8 Å². The summed E-state index contributed by atoms with van der Waals surface area (Å²) in [5.41, 5.74) is 1.18. The molecule has 1 aromatic heterocycles. The summed E-state index contributed by atoms with van der Waals surface area (Å²) < 4.78 is 12.2. The lowest BCUT2D eigenvalue weighted by Gasteiger charge is -2.32. The van der Waals surface area contributed by atoms with E-state index in [2.05, 4.69) is 4.98 Å². The summed E-state index contributed by atoms with van der Waals surface area (Å²) in [7, 11) is -0.536. The summed E-state index contributed by atoms with van der Waals surface area (Å²) >= 11 is 1.20. The number of nitrogens with zero attached hydrogens (tertiary/aromatic N) is 1. The van der Waals surface area contributed by atoms with Gasteiger partial charge in [-0.1, -0.05) is 11.8 Å². The average molecular weight is 361 g/mol. The van der Waals surface area contributed by atoms with Crippen LogP contribution in [0.25, 0.3) is 6.08 Å². The Morgan fingerprint density at radius 1 is 1.16 bits per heavy atom. The molecule has 1 aromatic rings. The van der Waals surface area contributed by atoms with Gasteiger partial charge in [0.2, 0.25) is 0 Å². The highest BCUT2D eigenvalue weighted by Crippen LogP contribution is 2.39. The molecule has 0 radical (unpaired) electrons. The molecule has 1 saturated heterocycles. The van der Waals surface area contributed by atoms with Gasteiger partial charge >= 0.3 is 7.12 Å². The van der Waals surface area contributed by atoms with Crippen molar-refractivity contribution in [1.29, 1.82) is 0 Å². The number of aromatic nitrogens is 1. The van der Waals surface area contributed by atoms with Crippen molar-refractivity contribution in [1.82, 2.24) is 4.98 Å². The van der Waals surface area contributed by atoms with E-state index in [9.17, 15) is 9.59 Å². The van der Waals surface area contributed by atoms with Crippen molar-refractivity contribution in [2.24, 2.45) is 0 Å². The zero-order valence-corrected chi connectivity index (χ0v) is 16.4. The van der Waals surface area contributed by atoms with Crippen molar-refractivity contribution in [3.8, 4) is 0 Å². The van der Waals surface area contributed by atoms with Gasteiger partial charge in [0.1, 0.15) is 0 Å². The monoisotopic (exact) mass is 361 g/mol. The first kappa shape index (κ1) is 19.9. The molecule has 5 nitrogen and oxygen atoms in total. The van der Waals surface area contributed by atoms with Crippen molar-refractivity contribution in [2.75, 3.05) is 5.75 Å². The van der Waals surface area contributed by atoms with Crippen molar-refractivity contribution in [2.45, 2.75) is 52.7 Å². The highest BCUT2D eigenvalue weighted by atomic mass is 32.2. The molecule has 0 N–H and O–H groups in total. The Kier molecular flexibility index (Phi) is 5.91. The predicted molar refractivity (Wildman–Crippen MR) is 101 cm³/mol. The lowest BCUT2D eigenvalue weighted by atomic mass is 9.78. The first-order chi connectivity index (χ1) is 11.5. The van der Waals surface area contributed by atoms with Gasteiger partial charge in [-0.15, -0.1) is 0 Å². The average Bonchev–Trinajstić information content (AvgIpc) is 2.72. The number of pyridine rings is 1. The summed E-state index contributed by atoms with van der Waals surface area (Å²) in [5, 5.41) is 0.0299. The van der Waals surface area contributed by atoms with Gasteiger partial charge in [0.15, 0.2) is 10.9 Å². The van der Waals surface area contributed by atoms with Crippen LogP contribution in [-0.4, -0.2) is 40.0 Å². The standard InChI is InChI=1S/C18H24BNO4S/c1-12(21)14-7-8-16(20-10-14)9-15(11-25-13(2)22)19-23-17(3,4)18(5,6)24-19/h7-10H,11H2,1-6H3. The van der Waals surface area contributed by atoms with E-state index >= 15 is 0 Å². The van der Waals surface area contributed by atoms with Gasteiger partial charge in [-0.25, -0.2) is 0 Å². The Hall–Kier alpha value is -1.44. The first-order valence-corrected chi connectivity index (χ1v) is 9.17. The lowest BCUT2D eigenvalue weighted by Crippen LogP contribution is -2.41. The maximum atomic E-state index is 11.4. The number of hydrogen-bond donors (Lipinski definition) is 0. The highest BCUT2D eigenvalue weighted by Gasteiger charge is 2.52. The topological polar surface area (TPSA) is 65.5 Å². The van der Waals surface area contributed by atoms with Gasteiger partial charge < -0.3 is 9.31 Å². The van der Waals surface area contributed by atoms with Crippen LogP contribution < -0.4 is 0 Å². The molecule has 134 valence electrons. The minimum Gasteiger partial charge on any atom is -0.400 e. The van der Waals surface area contributed by atoms with Crippen molar-refractivity contribution in [3.05, 3.63) is 35.1 Å². The van der Waals surface area contributed by atoms with E-state index in [0.717, 1.165) is 5.47 Å². The van der Waals surface area contributed by atoms with Gasteiger partial charge in [0.05, 0.1) is 16.9 Å². The molecule has 0 unspecified atom stereocenters. The maximum Gasteiger partial charge on any atom is 0.491 e. The molecule has 0 spiro atoms. The van der Waals surface area contributed by atoms with E-state index < -0.39 is 18.3 Å². The summed E-state index contributed by atoms with van der Waals surface area (Å²) in [6.07, 6.45) is 3.41. The number of rotatable bonds is 5. The van der Waals surface area contributed by atoms with Crippen LogP contribution in [0.5, 0.6) is 0 Å². The molecule has 1 fully saturated rings. The largest absolute Gasteiger partial charge is 0.491 e. The molecule has 25 heavy (non-hydrogen) atoms. The zero-order valence-electron chi connectivity index (χ0n) is 15.6. The van der Waals surface area contributed by atoms with Gasteiger partial charge in [0, 0.05) is 24.4 Å². The third-order valence-corrected chi connectivity index (χ3v) is 5.41. The smallest absolute Gasteiger partial charge is 0.400 e. The second-order valence-corrected chi connectivity index (χ2v) is 8.27. The van der Waals surface area contributed by atoms with E-state index in [-0.39, 0.29) is 10.9 Å². The molecule has 1 aliphatic heterocycles. The van der Waals surface area contributed by atoms with Gasteiger partial charge in [0.25, 0.3) is 0 Å². The highest BCUT2D eigenvalue weighted by molar-refractivity contribution is 8.13. The molecule has 2 rings (SSSR count). The van der Waals surface area contributed by atoms with Crippen LogP contribution in [0.1, 0.15) is 57.6 Å². The second kappa shape index (κ2) is 7.44. The SMILES string of the molecule is CC(=O)SCC(=Cc1ccc(C(C)=O)cn1)B1OC(C)(C)C(C)(C)O1. The van der Waals surface area contributed by atoms with Gasteiger partial charge in [-0.2, -0.15) is 0 Å². The fourth-order valence-electron chi connectivity index (χ4n) is 2.25. The normalized spacial score (nSPS) is 19.1. The summed E-state index contributed by atoms with van der Waals surface area (Å²) in [6.45, 7) is 11.0. The Morgan fingerprint density at radius 2 is 1.76 bits per heavy atom. The van der Waals surface area contributed by atoms with Crippen LogP contribution in [0.15, 0.2) is 23.8 Å². The fraction of sp³-hybridized carbons (Fsp3) is 0.500. The summed E-state index contributed by atoms with van der Waals surface area (Å²) in [4.78, 5) is 27.1. The third-order valence-electron chi connectivity index (χ3n) is 4.52. The molecule has 0 bridgehead atoms. The Labute approximate surface area is 153 Å². The molecular weight excluding hydrogens is 337 g/mol. The lowest BCUT2D eigenvalue weighted by molar-refractivity contribution is -0.109. The number of hydrogen-bond acceptors (Lipinski definition) is 6. The predicted octanol–water partition coefficient (Wildman–Crippen LogP) is 3.58. The van der Waals surface area contributed by atoms with Crippen LogP contribution in [0.3, 0.4) is 0 Å². The van der Waals surface area contributed by atoms with Crippen LogP contribution in [0.2, 0.25) is 0 Å². The van der Waals surface area contributed by atoms with E-state index in [1.165, 1.54) is 25.6 Å². The molecule has 7 heteroatoms. The maximum absolute atomic E-state index is 11.4. The fourth-order valence-corrected chi connectivity index (χ4v) is 2.84. The van der Waals surface area contributed by atoms with E-state index in [1.807, 2.05) is 33.8 Å². The molecule has 0 aromatic carbocycles. The number of thioether (sulfide) groups is 1. The van der Waals surface area contributed by atoms with Crippen molar-refractivity contribution < 1.29 is 18.9 Å². The van der Waals surface area contributed by atoms with Crippen molar-refractivity contribution >= 4 is 35.9 Å². The number of carbonyl (C=O) groups is 2. The zero-order chi connectivity index (χ0) is 18.8. The molecular formula is C18H24BNO4S. The Morgan fingerprint density at radius 3 is 2.20 bits per heavy atom. The van der Waals surface area contributed by atoms with E-state index in [1.54, 1.807) is 18.3 Å². The quantitative estimate of drug-likeness (QED) is 0.590. The minimum atomic E-state index is -0.536. The first-order valence-electron chi connectivity index (χ1n) is 8.18. The van der Waals surface area contributed by atoms with Gasteiger partial charge in [-0.05, 0) is 58.3 Å².